The standard InChI is InChI=1S/C60H106O14/c1-3-5-7-9-11-13-15-17-19-21-23-24-25-27-29-31-33-35-37-39-41-43-52(62)72-49(46-69-44-42-40-38-36-34-32-30-28-26-22-20-18-16-14-12-10-8-6-4-2)47-70-59-58(68)56(66)54(64)51(74-59)48-71-60-57(67)55(65)53(63)50(45-61)73-60/h14-17,20-23,25,27,49-51,53-61,63-68H,3-13,18-19,24,26,28-48H2,1-2H3/b16-14-,17-15-,22-20-,23-21-,27-25-. The van der Waals surface area contributed by atoms with E-state index < -0.39 is 86.7 Å². The summed E-state index contributed by atoms with van der Waals surface area (Å²) in [5, 5.41) is 72.4. The minimum absolute atomic E-state index is 0.0501. The number of aliphatic hydroxyl groups is 7. The molecule has 0 aromatic heterocycles. The molecule has 0 saturated carbocycles. The van der Waals surface area contributed by atoms with Crippen molar-refractivity contribution in [1.82, 2.24) is 0 Å². The van der Waals surface area contributed by atoms with Crippen molar-refractivity contribution in [1.29, 1.82) is 0 Å². The lowest BCUT2D eigenvalue weighted by Gasteiger charge is -2.42. The molecule has 0 aliphatic carbocycles. The molecule has 2 fully saturated rings. The first-order valence-corrected chi connectivity index (χ1v) is 29.4. The van der Waals surface area contributed by atoms with Gasteiger partial charge in [0.2, 0.25) is 0 Å². The second kappa shape index (κ2) is 46.8. The zero-order valence-corrected chi connectivity index (χ0v) is 46.1. The molecule has 2 heterocycles. The molecule has 0 aromatic rings. The molecule has 7 N–H and O–H groups in total. The molecular formula is C60H106O14. The predicted molar refractivity (Wildman–Crippen MR) is 293 cm³/mol. The number of hydrogen-bond donors (Lipinski definition) is 7. The van der Waals surface area contributed by atoms with Crippen LogP contribution in [-0.4, -0.2) is 142 Å². The summed E-state index contributed by atoms with van der Waals surface area (Å²) in [5.74, 6) is -0.390. The van der Waals surface area contributed by atoms with Crippen LogP contribution in [0.5, 0.6) is 0 Å². The number of rotatable bonds is 47. The first kappa shape index (κ1) is 67.8. The van der Waals surface area contributed by atoms with Crippen LogP contribution in [0.2, 0.25) is 0 Å². The highest BCUT2D eigenvalue weighted by molar-refractivity contribution is 5.69. The molecule has 14 nitrogen and oxygen atoms in total. The van der Waals surface area contributed by atoms with E-state index in [1.54, 1.807) is 0 Å². The van der Waals surface area contributed by atoms with Gasteiger partial charge in [-0.05, 0) is 83.5 Å². The van der Waals surface area contributed by atoms with Crippen molar-refractivity contribution in [3.05, 3.63) is 60.8 Å². The van der Waals surface area contributed by atoms with Crippen LogP contribution < -0.4 is 0 Å². The number of carbonyl (C=O) groups is 1. The van der Waals surface area contributed by atoms with Crippen molar-refractivity contribution in [3.8, 4) is 0 Å². The molecule has 430 valence electrons. The second-order valence-corrected chi connectivity index (χ2v) is 20.5. The summed E-state index contributed by atoms with van der Waals surface area (Å²) in [6, 6.07) is 0. The van der Waals surface area contributed by atoms with E-state index in [-0.39, 0.29) is 19.6 Å². The van der Waals surface area contributed by atoms with Gasteiger partial charge in [-0.15, -0.1) is 0 Å². The van der Waals surface area contributed by atoms with Crippen LogP contribution in [0.15, 0.2) is 60.8 Å². The Morgan fingerprint density at radius 1 is 0.446 bits per heavy atom. The van der Waals surface area contributed by atoms with E-state index in [1.165, 1.54) is 103 Å². The number of unbranched alkanes of at least 4 members (excludes halogenated alkanes) is 23. The van der Waals surface area contributed by atoms with Crippen LogP contribution in [0.25, 0.3) is 0 Å². The van der Waals surface area contributed by atoms with E-state index in [1.807, 2.05) is 0 Å². The zero-order chi connectivity index (χ0) is 53.7. The predicted octanol–water partition coefficient (Wildman–Crippen LogP) is 10.5. The molecule has 11 atom stereocenters. The Balaban J connectivity index is 1.73. The highest BCUT2D eigenvalue weighted by Crippen LogP contribution is 2.26. The third kappa shape index (κ3) is 33.1. The van der Waals surface area contributed by atoms with Gasteiger partial charge in [-0.25, -0.2) is 0 Å². The summed E-state index contributed by atoms with van der Waals surface area (Å²) < 4.78 is 34.4. The maximum absolute atomic E-state index is 13.1. The summed E-state index contributed by atoms with van der Waals surface area (Å²) in [7, 11) is 0. The Kier molecular flexibility index (Phi) is 42.8. The third-order valence-corrected chi connectivity index (χ3v) is 13.7. The average molecular weight is 1050 g/mol. The van der Waals surface area contributed by atoms with E-state index in [0.717, 1.165) is 83.5 Å². The van der Waals surface area contributed by atoms with Gasteiger partial charge in [0.05, 0.1) is 26.4 Å². The minimum atomic E-state index is -1.71. The number of hydrogen-bond acceptors (Lipinski definition) is 14. The van der Waals surface area contributed by atoms with Gasteiger partial charge in [-0.1, -0.05) is 184 Å². The molecule has 14 heteroatoms. The molecule has 0 bridgehead atoms. The monoisotopic (exact) mass is 1050 g/mol. The van der Waals surface area contributed by atoms with Crippen LogP contribution in [0.3, 0.4) is 0 Å². The van der Waals surface area contributed by atoms with Gasteiger partial charge >= 0.3 is 5.97 Å². The molecule has 0 amide bonds. The molecule has 0 aromatic carbocycles. The Bertz CT molecular complexity index is 1450. The van der Waals surface area contributed by atoms with E-state index in [0.29, 0.717) is 13.0 Å². The zero-order valence-electron chi connectivity index (χ0n) is 46.1. The maximum Gasteiger partial charge on any atom is 0.306 e. The van der Waals surface area contributed by atoms with Gasteiger partial charge in [0, 0.05) is 13.0 Å². The van der Waals surface area contributed by atoms with Gasteiger partial charge in [-0.3, -0.25) is 4.79 Å². The quantitative estimate of drug-likeness (QED) is 0.0172. The fraction of sp³-hybridized carbons (Fsp3) is 0.817. The van der Waals surface area contributed by atoms with Crippen LogP contribution in [-0.2, 0) is 33.2 Å². The normalized spacial score (nSPS) is 25.2. The van der Waals surface area contributed by atoms with Crippen LogP contribution in [0, 0.1) is 0 Å². The lowest BCUT2D eigenvalue weighted by Crippen LogP contribution is -2.61. The topological polar surface area (TPSA) is 214 Å². The van der Waals surface area contributed by atoms with E-state index in [9.17, 15) is 40.5 Å². The number of ether oxygens (including phenoxy) is 6. The van der Waals surface area contributed by atoms with Crippen LogP contribution >= 0.6 is 0 Å². The number of aliphatic hydroxyl groups excluding tert-OH is 7. The fourth-order valence-electron chi connectivity index (χ4n) is 8.97. The van der Waals surface area contributed by atoms with Crippen molar-refractivity contribution in [3.63, 3.8) is 0 Å². The van der Waals surface area contributed by atoms with Gasteiger partial charge in [0.15, 0.2) is 12.6 Å². The first-order chi connectivity index (χ1) is 36.1. The number of esters is 1. The smallest absolute Gasteiger partial charge is 0.306 e. The fourth-order valence-corrected chi connectivity index (χ4v) is 8.97. The first-order valence-electron chi connectivity index (χ1n) is 29.4. The van der Waals surface area contributed by atoms with Crippen molar-refractivity contribution in [2.45, 2.75) is 280 Å². The molecule has 74 heavy (non-hydrogen) atoms. The molecule has 0 spiro atoms. The molecule has 2 aliphatic rings. The summed E-state index contributed by atoms with van der Waals surface area (Å²) in [6.07, 6.45) is 41.3. The summed E-state index contributed by atoms with van der Waals surface area (Å²) in [6.45, 7) is 3.64. The third-order valence-electron chi connectivity index (χ3n) is 13.7. The highest BCUT2D eigenvalue weighted by Gasteiger charge is 2.47. The van der Waals surface area contributed by atoms with Crippen molar-refractivity contribution in [2.24, 2.45) is 0 Å². The van der Waals surface area contributed by atoms with Gasteiger partial charge in [-0.2, -0.15) is 0 Å². The number of carbonyl (C=O) groups excluding carboxylic acids is 1. The molecule has 2 rings (SSSR count). The minimum Gasteiger partial charge on any atom is -0.457 e. The van der Waals surface area contributed by atoms with Crippen molar-refractivity contribution >= 4 is 5.97 Å². The van der Waals surface area contributed by atoms with E-state index in [4.69, 9.17) is 28.4 Å². The summed E-state index contributed by atoms with van der Waals surface area (Å²) in [4.78, 5) is 13.1. The molecule has 11 unspecified atom stereocenters. The number of allylic oxidation sites excluding steroid dienone is 10. The molecule has 2 aliphatic heterocycles. The van der Waals surface area contributed by atoms with Gasteiger partial charge < -0.3 is 64.2 Å². The average Bonchev–Trinajstić information content (AvgIpc) is 3.40. The Morgan fingerprint density at radius 2 is 0.838 bits per heavy atom. The van der Waals surface area contributed by atoms with Crippen LogP contribution in [0.4, 0.5) is 0 Å². The largest absolute Gasteiger partial charge is 0.457 e. The van der Waals surface area contributed by atoms with Crippen molar-refractivity contribution in [2.75, 3.05) is 33.0 Å². The molecular weight excluding hydrogens is 945 g/mol. The maximum atomic E-state index is 13.1. The van der Waals surface area contributed by atoms with Gasteiger partial charge in [0.1, 0.15) is 54.9 Å². The summed E-state index contributed by atoms with van der Waals surface area (Å²) >= 11 is 0. The molecule has 0 radical (unpaired) electrons. The van der Waals surface area contributed by atoms with E-state index in [2.05, 4.69) is 74.6 Å². The van der Waals surface area contributed by atoms with Gasteiger partial charge in [0.25, 0.3) is 0 Å². The Morgan fingerprint density at radius 3 is 1.32 bits per heavy atom. The lowest BCUT2D eigenvalue weighted by atomic mass is 9.98. The van der Waals surface area contributed by atoms with Crippen molar-refractivity contribution < 1.29 is 69.0 Å². The lowest BCUT2D eigenvalue weighted by molar-refractivity contribution is -0.332. The van der Waals surface area contributed by atoms with E-state index >= 15 is 0 Å². The summed E-state index contributed by atoms with van der Waals surface area (Å²) in [5.41, 5.74) is 0. The highest BCUT2D eigenvalue weighted by atomic mass is 16.7. The second-order valence-electron chi connectivity index (χ2n) is 20.5. The Hall–Kier alpha value is -2.31. The Labute approximate surface area is 447 Å². The van der Waals surface area contributed by atoms with Crippen LogP contribution in [0.1, 0.15) is 213 Å². The molecule has 2 saturated heterocycles. The SMILES string of the molecule is CCCCCC/C=C\C/C=C\CCCCCCCCCCOCC(COC1OC(COC2OC(CO)C(O)C(O)C2O)C(O)C(O)C1O)OC(=O)CCCCCCCC/C=C\C/C=C\C/C=C\CCCCCCC.